The van der Waals surface area contributed by atoms with Crippen LogP contribution in [0, 0.1) is 0 Å². The second-order valence-corrected chi connectivity index (χ2v) is 9.66. The molecule has 1 saturated heterocycles. The van der Waals surface area contributed by atoms with Crippen LogP contribution in [0.3, 0.4) is 0 Å². The lowest BCUT2D eigenvalue weighted by atomic mass is 9.80. The number of likely N-dealkylation sites (tertiary alicyclic amines) is 1. The number of nitrogens with zero attached hydrogens (tertiary/aromatic N) is 1. The molecule has 3 heteroatoms. The van der Waals surface area contributed by atoms with Gasteiger partial charge in [-0.25, -0.2) is 0 Å². The molecule has 3 aromatic carbocycles. The van der Waals surface area contributed by atoms with Crippen molar-refractivity contribution in [1.82, 2.24) is 4.90 Å². The quantitative estimate of drug-likeness (QED) is 0.438. The van der Waals surface area contributed by atoms with Crippen molar-refractivity contribution in [2.75, 3.05) is 20.3 Å². The summed E-state index contributed by atoms with van der Waals surface area (Å²) in [6, 6.07) is 32.1. The number of benzene rings is 3. The summed E-state index contributed by atoms with van der Waals surface area (Å²) in [5.74, 6) is 0. The second-order valence-electron chi connectivity index (χ2n) is 9.66. The lowest BCUT2D eigenvalue weighted by Crippen LogP contribution is -2.48. The highest BCUT2D eigenvalue weighted by Crippen LogP contribution is 2.41. The van der Waals surface area contributed by atoms with E-state index in [0.717, 1.165) is 29.7 Å². The van der Waals surface area contributed by atoms with Crippen LogP contribution in [0.5, 0.6) is 0 Å². The van der Waals surface area contributed by atoms with E-state index in [9.17, 15) is 0 Å². The van der Waals surface area contributed by atoms with Gasteiger partial charge in [0.15, 0.2) is 0 Å². The minimum atomic E-state index is -0.682. The standard InChI is InChI=1S/C29H35NO2/c1-28(2,3)30-21-27(31-4)20-26(30)22-32-29(23-14-8-5-9-15-23,24-16-10-6-11-17-24)25-18-12-7-13-19-25/h5-19,26-27H,20-22H2,1-4H3/t26-,27-/m0/s1. The van der Waals surface area contributed by atoms with Crippen LogP contribution >= 0.6 is 0 Å². The van der Waals surface area contributed by atoms with Gasteiger partial charge in [0.25, 0.3) is 0 Å². The first-order valence-electron chi connectivity index (χ1n) is 11.5. The molecule has 4 rings (SSSR count). The highest BCUT2D eigenvalue weighted by molar-refractivity contribution is 5.47. The molecule has 32 heavy (non-hydrogen) atoms. The molecule has 0 N–H and O–H groups in total. The van der Waals surface area contributed by atoms with Gasteiger partial charge in [-0.3, -0.25) is 4.90 Å². The maximum absolute atomic E-state index is 7.09. The van der Waals surface area contributed by atoms with Crippen molar-refractivity contribution in [2.24, 2.45) is 0 Å². The van der Waals surface area contributed by atoms with Gasteiger partial charge in [0, 0.05) is 25.2 Å². The third kappa shape index (κ3) is 4.52. The van der Waals surface area contributed by atoms with E-state index in [1.165, 1.54) is 0 Å². The average Bonchev–Trinajstić information content (AvgIpc) is 3.26. The van der Waals surface area contributed by atoms with Gasteiger partial charge < -0.3 is 9.47 Å². The number of methoxy groups -OCH3 is 1. The van der Waals surface area contributed by atoms with Gasteiger partial charge in [0.1, 0.15) is 5.60 Å². The van der Waals surface area contributed by atoms with Crippen LogP contribution in [0.2, 0.25) is 0 Å². The third-order valence-electron chi connectivity index (χ3n) is 6.60. The average molecular weight is 430 g/mol. The summed E-state index contributed by atoms with van der Waals surface area (Å²) >= 11 is 0. The molecule has 3 nitrogen and oxygen atoms in total. The first-order chi connectivity index (χ1) is 15.4. The number of ether oxygens (including phenoxy) is 2. The van der Waals surface area contributed by atoms with Crippen molar-refractivity contribution < 1.29 is 9.47 Å². The van der Waals surface area contributed by atoms with Crippen LogP contribution in [-0.2, 0) is 15.1 Å². The van der Waals surface area contributed by atoms with E-state index >= 15 is 0 Å². The van der Waals surface area contributed by atoms with Crippen molar-refractivity contribution in [1.29, 1.82) is 0 Å². The summed E-state index contributed by atoms with van der Waals surface area (Å²) in [4.78, 5) is 2.53. The molecular formula is C29H35NO2. The minimum Gasteiger partial charge on any atom is -0.380 e. The van der Waals surface area contributed by atoms with E-state index < -0.39 is 5.60 Å². The molecule has 0 aliphatic carbocycles. The first-order valence-corrected chi connectivity index (χ1v) is 11.5. The van der Waals surface area contributed by atoms with Gasteiger partial charge >= 0.3 is 0 Å². The predicted molar refractivity (Wildman–Crippen MR) is 131 cm³/mol. The highest BCUT2D eigenvalue weighted by Gasteiger charge is 2.42. The van der Waals surface area contributed by atoms with Crippen molar-refractivity contribution >= 4 is 0 Å². The molecule has 1 heterocycles. The zero-order valence-corrected chi connectivity index (χ0v) is 19.7. The van der Waals surface area contributed by atoms with Gasteiger partial charge in [-0.2, -0.15) is 0 Å². The maximum atomic E-state index is 7.09. The highest BCUT2D eigenvalue weighted by atomic mass is 16.5. The zero-order valence-electron chi connectivity index (χ0n) is 19.7. The lowest BCUT2D eigenvalue weighted by Gasteiger charge is -2.40. The van der Waals surface area contributed by atoms with Gasteiger partial charge in [0.2, 0.25) is 0 Å². The number of hydrogen-bond donors (Lipinski definition) is 0. The van der Waals surface area contributed by atoms with Gasteiger partial charge in [-0.1, -0.05) is 91.0 Å². The third-order valence-corrected chi connectivity index (χ3v) is 6.60. The van der Waals surface area contributed by atoms with Gasteiger partial charge in [-0.05, 0) is 43.9 Å². The summed E-state index contributed by atoms with van der Waals surface area (Å²) in [5.41, 5.74) is 2.79. The summed E-state index contributed by atoms with van der Waals surface area (Å²) in [7, 11) is 1.82. The van der Waals surface area contributed by atoms with E-state index in [-0.39, 0.29) is 17.7 Å². The molecule has 0 amide bonds. The summed E-state index contributed by atoms with van der Waals surface area (Å²) in [6.45, 7) is 8.38. The molecule has 1 aliphatic rings. The number of hydrogen-bond acceptors (Lipinski definition) is 3. The second kappa shape index (κ2) is 9.58. The molecule has 0 unspecified atom stereocenters. The van der Waals surface area contributed by atoms with Crippen LogP contribution in [0.25, 0.3) is 0 Å². The Morgan fingerprint density at radius 2 is 1.19 bits per heavy atom. The van der Waals surface area contributed by atoms with Crippen molar-refractivity contribution in [3.63, 3.8) is 0 Å². The minimum absolute atomic E-state index is 0.0518. The van der Waals surface area contributed by atoms with E-state index in [2.05, 4.69) is 117 Å². The van der Waals surface area contributed by atoms with Crippen LogP contribution in [0.1, 0.15) is 43.9 Å². The Morgan fingerprint density at radius 3 is 1.56 bits per heavy atom. The SMILES string of the molecule is CO[C@H]1C[C@@H](COC(c2ccccc2)(c2ccccc2)c2ccccc2)N(C(C)(C)C)C1. The Labute approximate surface area is 193 Å². The van der Waals surface area contributed by atoms with E-state index in [1.54, 1.807) is 0 Å². The monoisotopic (exact) mass is 429 g/mol. The van der Waals surface area contributed by atoms with E-state index in [0.29, 0.717) is 6.61 Å². The van der Waals surface area contributed by atoms with Gasteiger partial charge in [-0.15, -0.1) is 0 Å². The van der Waals surface area contributed by atoms with Crippen molar-refractivity contribution in [3.8, 4) is 0 Å². The summed E-state index contributed by atoms with van der Waals surface area (Å²) < 4.78 is 12.8. The Bertz CT molecular complexity index is 870. The maximum Gasteiger partial charge on any atom is 0.143 e. The number of rotatable bonds is 7. The Balaban J connectivity index is 1.78. The van der Waals surface area contributed by atoms with Crippen LogP contribution < -0.4 is 0 Å². The van der Waals surface area contributed by atoms with E-state index in [4.69, 9.17) is 9.47 Å². The first kappa shape index (κ1) is 22.7. The lowest BCUT2D eigenvalue weighted by molar-refractivity contribution is -0.0299. The Morgan fingerprint density at radius 1 is 0.750 bits per heavy atom. The topological polar surface area (TPSA) is 21.7 Å². The smallest absolute Gasteiger partial charge is 0.143 e. The van der Waals surface area contributed by atoms with Crippen molar-refractivity contribution in [2.45, 2.75) is 50.5 Å². The fourth-order valence-corrected chi connectivity index (χ4v) is 5.01. The molecule has 0 aromatic heterocycles. The molecule has 3 aromatic rings. The molecule has 0 radical (unpaired) electrons. The Kier molecular flexibility index (Phi) is 6.80. The molecule has 1 fully saturated rings. The molecule has 2 atom stereocenters. The summed E-state index contributed by atoms with van der Waals surface area (Å²) in [5, 5.41) is 0. The predicted octanol–water partition coefficient (Wildman–Crippen LogP) is 5.88. The molecule has 0 bridgehead atoms. The fourth-order valence-electron chi connectivity index (χ4n) is 5.01. The van der Waals surface area contributed by atoms with Crippen LogP contribution in [0.4, 0.5) is 0 Å². The largest absolute Gasteiger partial charge is 0.380 e. The zero-order chi connectivity index (χ0) is 22.6. The normalized spacial score (nSPS) is 19.9. The summed E-state index contributed by atoms with van der Waals surface area (Å²) in [6.07, 6.45) is 1.21. The van der Waals surface area contributed by atoms with Crippen LogP contribution in [-0.4, -0.2) is 42.8 Å². The van der Waals surface area contributed by atoms with Crippen molar-refractivity contribution in [3.05, 3.63) is 108 Å². The van der Waals surface area contributed by atoms with Gasteiger partial charge in [0.05, 0.1) is 12.7 Å². The van der Waals surface area contributed by atoms with Crippen LogP contribution in [0.15, 0.2) is 91.0 Å². The fraction of sp³-hybridized carbons (Fsp3) is 0.379. The molecule has 0 spiro atoms. The Hall–Kier alpha value is -2.46. The molecular weight excluding hydrogens is 394 g/mol. The molecule has 168 valence electrons. The van der Waals surface area contributed by atoms with E-state index in [1.807, 2.05) is 7.11 Å². The molecule has 1 aliphatic heterocycles. The molecule has 0 saturated carbocycles.